The zero-order valence-electron chi connectivity index (χ0n) is 14.2. The van der Waals surface area contributed by atoms with E-state index in [0.717, 1.165) is 0 Å². The number of rotatable bonds is 6. The van der Waals surface area contributed by atoms with Gasteiger partial charge in [0.25, 0.3) is 5.91 Å². The Morgan fingerprint density at radius 3 is 2.41 bits per heavy atom. The molecule has 5 nitrogen and oxygen atoms in total. The third kappa shape index (κ3) is 5.15. The van der Waals surface area contributed by atoms with Gasteiger partial charge in [-0.15, -0.1) is 0 Å². The van der Waals surface area contributed by atoms with Gasteiger partial charge in [-0.3, -0.25) is 4.79 Å². The average Bonchev–Trinajstić information content (AvgIpc) is 3.20. The van der Waals surface area contributed by atoms with E-state index in [-0.39, 0.29) is 0 Å². The Morgan fingerprint density at radius 2 is 1.74 bits per heavy atom. The van der Waals surface area contributed by atoms with Gasteiger partial charge in [0.1, 0.15) is 11.6 Å². The predicted molar refractivity (Wildman–Crippen MR) is 98.0 cm³/mol. The number of amides is 1. The number of halogens is 1. The highest BCUT2D eigenvalue weighted by atomic mass is 19.1. The Labute approximate surface area is 155 Å². The molecule has 3 aromatic rings. The van der Waals surface area contributed by atoms with Crippen LogP contribution in [0.1, 0.15) is 17.4 Å². The predicted octanol–water partition coefficient (Wildman–Crippen LogP) is 4.36. The van der Waals surface area contributed by atoms with Crippen LogP contribution in [-0.4, -0.2) is 11.9 Å². The first-order valence-corrected chi connectivity index (χ1v) is 8.15. The molecular formula is C21H16FNO4. The Morgan fingerprint density at radius 1 is 1.00 bits per heavy atom. The summed E-state index contributed by atoms with van der Waals surface area (Å²) in [5.41, 5.74) is 0.904. The van der Waals surface area contributed by atoms with Gasteiger partial charge in [-0.25, -0.2) is 9.18 Å². The summed E-state index contributed by atoms with van der Waals surface area (Å²) in [5.74, 6) is -1.18. The molecule has 1 aromatic heterocycles. The molecule has 0 fully saturated rings. The average molecular weight is 365 g/mol. The molecule has 0 saturated heterocycles. The lowest BCUT2D eigenvalue weighted by Gasteiger charge is -2.17. The Bertz CT molecular complexity index is 919. The van der Waals surface area contributed by atoms with E-state index in [4.69, 9.17) is 9.15 Å². The monoisotopic (exact) mass is 365 g/mol. The van der Waals surface area contributed by atoms with Crippen molar-refractivity contribution in [3.05, 3.63) is 96.2 Å². The van der Waals surface area contributed by atoms with Gasteiger partial charge in [0.2, 0.25) is 6.10 Å². The van der Waals surface area contributed by atoms with Crippen molar-refractivity contribution in [1.82, 2.24) is 0 Å². The van der Waals surface area contributed by atoms with Crippen LogP contribution in [0.3, 0.4) is 0 Å². The number of hydrogen-bond donors (Lipinski definition) is 1. The van der Waals surface area contributed by atoms with Gasteiger partial charge >= 0.3 is 5.97 Å². The molecule has 0 bridgehead atoms. The van der Waals surface area contributed by atoms with Crippen LogP contribution in [0.5, 0.6) is 0 Å². The molecule has 1 unspecified atom stereocenters. The number of carbonyl (C=O) groups excluding carboxylic acids is 2. The lowest BCUT2D eigenvalue weighted by molar-refractivity contribution is -0.149. The minimum absolute atomic E-state index is 0.393. The Kier molecular flexibility index (Phi) is 5.79. The molecular weight excluding hydrogens is 349 g/mol. The molecule has 0 aliphatic heterocycles. The molecule has 1 atom stereocenters. The van der Waals surface area contributed by atoms with Gasteiger partial charge in [0, 0.05) is 17.3 Å². The van der Waals surface area contributed by atoms with E-state index in [0.29, 0.717) is 17.0 Å². The summed E-state index contributed by atoms with van der Waals surface area (Å²) < 4.78 is 23.5. The van der Waals surface area contributed by atoms with Crippen molar-refractivity contribution in [2.75, 3.05) is 5.32 Å². The van der Waals surface area contributed by atoms with E-state index in [9.17, 15) is 14.0 Å². The number of nitrogens with one attached hydrogen (secondary N) is 1. The zero-order valence-corrected chi connectivity index (χ0v) is 14.2. The first kappa shape index (κ1) is 18.1. The first-order valence-electron chi connectivity index (χ1n) is 8.15. The fourth-order valence-corrected chi connectivity index (χ4v) is 2.33. The van der Waals surface area contributed by atoms with Crippen LogP contribution >= 0.6 is 0 Å². The number of furan rings is 1. The van der Waals surface area contributed by atoms with Gasteiger partial charge in [-0.05, 0) is 42.5 Å². The summed E-state index contributed by atoms with van der Waals surface area (Å²) in [6.45, 7) is 0. The molecule has 3 rings (SSSR count). The summed E-state index contributed by atoms with van der Waals surface area (Å²) in [6.07, 6.45) is 2.95. The normalized spacial score (nSPS) is 11.9. The second kappa shape index (κ2) is 8.62. The lowest BCUT2D eigenvalue weighted by atomic mass is 10.1. The van der Waals surface area contributed by atoms with E-state index in [1.54, 1.807) is 42.5 Å². The minimum Gasteiger partial charge on any atom is -0.465 e. The molecule has 1 heterocycles. The van der Waals surface area contributed by atoms with Gasteiger partial charge in [0.15, 0.2) is 0 Å². The van der Waals surface area contributed by atoms with Crippen LogP contribution in [-0.2, 0) is 14.3 Å². The summed E-state index contributed by atoms with van der Waals surface area (Å²) in [7, 11) is 0. The molecule has 0 aliphatic carbocycles. The van der Waals surface area contributed by atoms with Crippen LogP contribution in [0.2, 0.25) is 0 Å². The van der Waals surface area contributed by atoms with Crippen molar-refractivity contribution < 1.29 is 23.1 Å². The molecule has 0 aliphatic rings. The van der Waals surface area contributed by atoms with E-state index < -0.39 is 23.8 Å². The SMILES string of the molecule is O=C(/C=C/c1ccco1)OC(C(=O)Nc1ccc(F)cc1)c1ccccc1. The smallest absolute Gasteiger partial charge is 0.332 e. The summed E-state index contributed by atoms with van der Waals surface area (Å²) in [6, 6.07) is 17.3. The van der Waals surface area contributed by atoms with Crippen LogP contribution in [0.25, 0.3) is 6.08 Å². The molecule has 1 amide bonds. The maximum Gasteiger partial charge on any atom is 0.332 e. The molecule has 1 N–H and O–H groups in total. The molecule has 0 radical (unpaired) electrons. The highest BCUT2D eigenvalue weighted by molar-refractivity contribution is 5.97. The summed E-state index contributed by atoms with van der Waals surface area (Å²) in [5, 5.41) is 2.62. The maximum absolute atomic E-state index is 13.0. The standard InChI is InChI=1S/C21H16FNO4/c22-16-8-10-17(11-9-16)23-21(25)20(15-5-2-1-3-6-15)27-19(24)13-12-18-7-4-14-26-18/h1-14,20H,(H,23,25)/b13-12+. The van der Waals surface area contributed by atoms with Crippen LogP contribution in [0.15, 0.2) is 83.5 Å². The van der Waals surface area contributed by atoms with Crippen molar-refractivity contribution in [1.29, 1.82) is 0 Å². The van der Waals surface area contributed by atoms with E-state index in [2.05, 4.69) is 5.32 Å². The van der Waals surface area contributed by atoms with Gasteiger partial charge < -0.3 is 14.5 Å². The number of anilines is 1. The second-order valence-corrected chi connectivity index (χ2v) is 5.57. The van der Waals surface area contributed by atoms with Crippen molar-refractivity contribution in [3.8, 4) is 0 Å². The highest BCUT2D eigenvalue weighted by Crippen LogP contribution is 2.21. The quantitative estimate of drug-likeness (QED) is 0.521. The van der Waals surface area contributed by atoms with Crippen molar-refractivity contribution >= 4 is 23.6 Å². The number of hydrogen-bond acceptors (Lipinski definition) is 4. The third-order valence-electron chi connectivity index (χ3n) is 3.61. The fourth-order valence-electron chi connectivity index (χ4n) is 2.33. The first-order chi connectivity index (χ1) is 13.1. The molecule has 0 spiro atoms. The van der Waals surface area contributed by atoms with Crippen molar-refractivity contribution in [2.45, 2.75) is 6.10 Å². The van der Waals surface area contributed by atoms with Crippen LogP contribution < -0.4 is 5.32 Å². The molecule has 27 heavy (non-hydrogen) atoms. The number of ether oxygens (including phenoxy) is 1. The minimum atomic E-state index is -1.16. The van der Waals surface area contributed by atoms with E-state index >= 15 is 0 Å². The third-order valence-corrected chi connectivity index (χ3v) is 3.61. The van der Waals surface area contributed by atoms with Crippen LogP contribution in [0, 0.1) is 5.82 Å². The molecule has 0 saturated carbocycles. The summed E-state index contributed by atoms with van der Waals surface area (Å²) >= 11 is 0. The van der Waals surface area contributed by atoms with Crippen molar-refractivity contribution in [2.24, 2.45) is 0 Å². The largest absolute Gasteiger partial charge is 0.465 e. The van der Waals surface area contributed by atoms with E-state index in [1.807, 2.05) is 0 Å². The molecule has 136 valence electrons. The van der Waals surface area contributed by atoms with Gasteiger partial charge in [0.05, 0.1) is 6.26 Å². The van der Waals surface area contributed by atoms with Gasteiger partial charge in [-0.1, -0.05) is 30.3 Å². The number of esters is 1. The molecule has 2 aromatic carbocycles. The highest BCUT2D eigenvalue weighted by Gasteiger charge is 2.24. The Hall–Kier alpha value is -3.67. The van der Waals surface area contributed by atoms with Crippen molar-refractivity contribution in [3.63, 3.8) is 0 Å². The molecule has 6 heteroatoms. The second-order valence-electron chi connectivity index (χ2n) is 5.57. The number of benzene rings is 2. The fraction of sp³-hybridized carbons (Fsp3) is 0.0476. The van der Waals surface area contributed by atoms with E-state index in [1.165, 1.54) is 42.7 Å². The Balaban J connectivity index is 1.75. The van der Waals surface area contributed by atoms with Crippen LogP contribution in [0.4, 0.5) is 10.1 Å². The number of carbonyl (C=O) groups is 2. The topological polar surface area (TPSA) is 68.5 Å². The zero-order chi connectivity index (χ0) is 19.1. The van der Waals surface area contributed by atoms with Gasteiger partial charge in [-0.2, -0.15) is 0 Å². The lowest BCUT2D eigenvalue weighted by Crippen LogP contribution is -2.25. The summed E-state index contributed by atoms with van der Waals surface area (Å²) in [4.78, 5) is 24.8. The maximum atomic E-state index is 13.0.